The largest absolute Gasteiger partial charge is 0.477 e. The SMILES string of the molecule is Cc1cccc(N2CCN(C(=O)COc3cc(F)ccc3[N+](=O)[O-])CC2)c1. The molecule has 0 radical (unpaired) electrons. The van der Waals surface area contributed by atoms with Crippen molar-refractivity contribution >= 4 is 17.3 Å². The summed E-state index contributed by atoms with van der Waals surface area (Å²) in [6, 6.07) is 11.1. The average Bonchev–Trinajstić information content (AvgIpc) is 2.66. The lowest BCUT2D eigenvalue weighted by Gasteiger charge is -2.36. The first-order chi connectivity index (χ1) is 12.9. The van der Waals surface area contributed by atoms with E-state index in [1.807, 2.05) is 25.1 Å². The van der Waals surface area contributed by atoms with Crippen LogP contribution in [-0.4, -0.2) is 48.5 Å². The van der Waals surface area contributed by atoms with Crippen molar-refractivity contribution in [3.63, 3.8) is 0 Å². The highest BCUT2D eigenvalue weighted by molar-refractivity contribution is 5.78. The first-order valence-electron chi connectivity index (χ1n) is 8.60. The number of hydrogen-bond acceptors (Lipinski definition) is 5. The number of piperazine rings is 1. The van der Waals surface area contributed by atoms with Gasteiger partial charge in [0.1, 0.15) is 5.82 Å². The van der Waals surface area contributed by atoms with Crippen LogP contribution in [0.2, 0.25) is 0 Å². The van der Waals surface area contributed by atoms with Crippen molar-refractivity contribution in [2.24, 2.45) is 0 Å². The fourth-order valence-electron chi connectivity index (χ4n) is 3.02. The van der Waals surface area contributed by atoms with Crippen LogP contribution in [-0.2, 0) is 4.79 Å². The fraction of sp³-hybridized carbons (Fsp3) is 0.316. The van der Waals surface area contributed by atoms with Gasteiger partial charge in [0.25, 0.3) is 5.91 Å². The van der Waals surface area contributed by atoms with E-state index in [0.717, 1.165) is 23.9 Å². The second kappa shape index (κ2) is 8.03. The molecule has 0 spiro atoms. The lowest BCUT2D eigenvalue weighted by Crippen LogP contribution is -2.50. The minimum absolute atomic E-state index is 0.244. The first kappa shape index (κ1) is 18.6. The van der Waals surface area contributed by atoms with E-state index in [1.54, 1.807) is 4.90 Å². The molecule has 8 heteroatoms. The molecule has 0 N–H and O–H groups in total. The third kappa shape index (κ3) is 4.52. The molecule has 1 aliphatic heterocycles. The maximum Gasteiger partial charge on any atom is 0.311 e. The van der Waals surface area contributed by atoms with Crippen LogP contribution in [0.25, 0.3) is 0 Å². The third-order valence-electron chi connectivity index (χ3n) is 4.47. The lowest BCUT2D eigenvalue weighted by molar-refractivity contribution is -0.385. The van der Waals surface area contributed by atoms with Gasteiger partial charge in [-0.05, 0) is 30.7 Å². The quantitative estimate of drug-likeness (QED) is 0.595. The van der Waals surface area contributed by atoms with E-state index in [4.69, 9.17) is 4.74 Å². The summed E-state index contributed by atoms with van der Waals surface area (Å²) in [4.78, 5) is 26.5. The number of carbonyl (C=O) groups is 1. The minimum atomic E-state index is -0.667. The van der Waals surface area contributed by atoms with Gasteiger partial charge in [0.2, 0.25) is 5.75 Å². The molecule has 1 saturated heterocycles. The molecule has 1 aliphatic rings. The molecule has 7 nitrogen and oxygen atoms in total. The number of benzene rings is 2. The predicted molar refractivity (Wildman–Crippen MR) is 98.5 cm³/mol. The standard InChI is InChI=1S/C19H20FN3O4/c1-14-3-2-4-16(11-14)21-7-9-22(10-8-21)19(24)13-27-18-12-15(20)5-6-17(18)23(25)26/h2-6,11-12H,7-10,13H2,1H3. The Labute approximate surface area is 156 Å². The molecule has 3 rings (SSSR count). The van der Waals surface area contributed by atoms with Crippen LogP contribution >= 0.6 is 0 Å². The number of halogens is 1. The summed E-state index contributed by atoms with van der Waals surface area (Å²) in [6.45, 7) is 4.11. The maximum atomic E-state index is 13.3. The Hall–Kier alpha value is -3.16. The zero-order valence-corrected chi connectivity index (χ0v) is 14.9. The first-order valence-corrected chi connectivity index (χ1v) is 8.60. The monoisotopic (exact) mass is 373 g/mol. The van der Waals surface area contributed by atoms with E-state index in [9.17, 15) is 19.3 Å². The average molecular weight is 373 g/mol. The Balaban J connectivity index is 1.56. The number of aryl methyl sites for hydroxylation is 1. The summed E-state index contributed by atoms with van der Waals surface area (Å²) in [5.41, 5.74) is 1.93. The van der Waals surface area contributed by atoms with Crippen LogP contribution < -0.4 is 9.64 Å². The molecule has 0 aromatic heterocycles. The number of carbonyl (C=O) groups excluding carboxylic acids is 1. The van der Waals surface area contributed by atoms with Crippen molar-refractivity contribution in [3.05, 3.63) is 64.0 Å². The smallest absolute Gasteiger partial charge is 0.311 e. The molecule has 1 amide bonds. The number of anilines is 1. The molecule has 1 heterocycles. The van der Waals surface area contributed by atoms with E-state index >= 15 is 0 Å². The summed E-state index contributed by atoms with van der Waals surface area (Å²) in [5.74, 6) is -1.18. The van der Waals surface area contributed by atoms with Gasteiger partial charge in [-0.15, -0.1) is 0 Å². The summed E-state index contributed by atoms with van der Waals surface area (Å²) >= 11 is 0. The number of rotatable bonds is 5. The highest BCUT2D eigenvalue weighted by atomic mass is 19.1. The van der Waals surface area contributed by atoms with Crippen LogP contribution in [0, 0.1) is 22.9 Å². The van der Waals surface area contributed by atoms with Crippen molar-refractivity contribution in [1.82, 2.24) is 4.90 Å². The number of amides is 1. The highest BCUT2D eigenvalue weighted by Crippen LogP contribution is 2.27. The van der Waals surface area contributed by atoms with Crippen molar-refractivity contribution in [2.45, 2.75) is 6.92 Å². The summed E-state index contributed by atoms with van der Waals surface area (Å²) < 4.78 is 18.6. The van der Waals surface area contributed by atoms with Gasteiger partial charge in [0.05, 0.1) is 4.92 Å². The van der Waals surface area contributed by atoms with Crippen LogP contribution in [0.3, 0.4) is 0 Å². The van der Waals surface area contributed by atoms with Gasteiger partial charge in [0.15, 0.2) is 6.61 Å². The van der Waals surface area contributed by atoms with Gasteiger partial charge in [-0.25, -0.2) is 4.39 Å². The van der Waals surface area contributed by atoms with Crippen molar-refractivity contribution < 1.29 is 18.8 Å². The Morgan fingerprint density at radius 3 is 2.59 bits per heavy atom. The van der Waals surface area contributed by atoms with Crippen molar-refractivity contribution in [2.75, 3.05) is 37.7 Å². The summed E-state index contributed by atoms with van der Waals surface area (Å²) in [5, 5.41) is 11.0. The number of nitrogens with zero attached hydrogens (tertiary/aromatic N) is 3. The van der Waals surface area contributed by atoms with Gasteiger partial charge in [-0.2, -0.15) is 0 Å². The molecule has 0 unspecified atom stereocenters. The summed E-state index contributed by atoms with van der Waals surface area (Å²) in [7, 11) is 0. The van der Waals surface area contributed by atoms with E-state index < -0.39 is 10.7 Å². The Kier molecular flexibility index (Phi) is 5.54. The van der Waals surface area contributed by atoms with Crippen LogP contribution in [0.4, 0.5) is 15.8 Å². The van der Waals surface area contributed by atoms with Gasteiger partial charge < -0.3 is 14.5 Å². The molecule has 142 valence electrons. The highest BCUT2D eigenvalue weighted by Gasteiger charge is 2.23. The van der Waals surface area contributed by atoms with E-state index in [2.05, 4.69) is 11.0 Å². The normalized spacial score (nSPS) is 14.1. The minimum Gasteiger partial charge on any atom is -0.477 e. The van der Waals surface area contributed by atoms with Crippen molar-refractivity contribution in [3.8, 4) is 5.75 Å². The molecule has 2 aromatic carbocycles. The Bertz CT molecular complexity index is 851. The van der Waals surface area contributed by atoms with E-state index in [-0.39, 0.29) is 24.0 Å². The number of ether oxygens (including phenoxy) is 1. The zero-order chi connectivity index (χ0) is 19.4. The molecule has 2 aromatic rings. The van der Waals surface area contributed by atoms with Crippen molar-refractivity contribution in [1.29, 1.82) is 0 Å². The summed E-state index contributed by atoms with van der Waals surface area (Å²) in [6.07, 6.45) is 0. The van der Waals surface area contributed by atoms with E-state index in [1.165, 1.54) is 5.56 Å². The lowest BCUT2D eigenvalue weighted by atomic mass is 10.2. The Morgan fingerprint density at radius 2 is 1.93 bits per heavy atom. The molecule has 1 fully saturated rings. The van der Waals surface area contributed by atoms with Gasteiger partial charge >= 0.3 is 5.69 Å². The van der Waals surface area contributed by atoms with Crippen LogP contribution in [0.1, 0.15) is 5.56 Å². The van der Waals surface area contributed by atoms with E-state index in [0.29, 0.717) is 26.2 Å². The van der Waals surface area contributed by atoms with Gasteiger partial charge in [-0.3, -0.25) is 14.9 Å². The van der Waals surface area contributed by atoms with Crippen LogP contribution in [0.5, 0.6) is 5.75 Å². The maximum absolute atomic E-state index is 13.3. The zero-order valence-electron chi connectivity index (χ0n) is 14.9. The fourth-order valence-corrected chi connectivity index (χ4v) is 3.02. The molecule has 0 aliphatic carbocycles. The predicted octanol–water partition coefficient (Wildman–Crippen LogP) is 2.77. The molecule has 0 atom stereocenters. The Morgan fingerprint density at radius 1 is 1.19 bits per heavy atom. The molecular weight excluding hydrogens is 353 g/mol. The number of nitro benzene ring substituents is 1. The second-order valence-electron chi connectivity index (χ2n) is 6.36. The van der Waals surface area contributed by atoms with Crippen LogP contribution in [0.15, 0.2) is 42.5 Å². The second-order valence-corrected chi connectivity index (χ2v) is 6.36. The number of hydrogen-bond donors (Lipinski definition) is 0. The molecule has 0 bridgehead atoms. The molecule has 0 saturated carbocycles. The van der Waals surface area contributed by atoms with Gasteiger partial charge in [0, 0.05) is 44.0 Å². The molecular formula is C19H20FN3O4. The number of nitro groups is 1. The van der Waals surface area contributed by atoms with Gasteiger partial charge in [-0.1, -0.05) is 12.1 Å². The topological polar surface area (TPSA) is 75.9 Å². The third-order valence-corrected chi connectivity index (χ3v) is 4.47. The molecule has 27 heavy (non-hydrogen) atoms.